The maximum atomic E-state index is 11.9. The summed E-state index contributed by atoms with van der Waals surface area (Å²) in [6.07, 6.45) is 6.57. The van der Waals surface area contributed by atoms with Gasteiger partial charge >= 0.3 is 0 Å². The molecule has 0 atom stereocenters. The van der Waals surface area contributed by atoms with Gasteiger partial charge in [-0.25, -0.2) is 0 Å². The average Bonchev–Trinajstić information content (AvgIpc) is 3.30. The summed E-state index contributed by atoms with van der Waals surface area (Å²) >= 11 is 0. The number of aliphatic imine (C=N–C) groups is 1. The quantitative estimate of drug-likeness (QED) is 0.409. The summed E-state index contributed by atoms with van der Waals surface area (Å²) in [5.41, 5.74) is 0. The molecule has 1 aromatic heterocycles. The number of furan rings is 1. The molecule has 2 aliphatic rings. The molecular weight excluding hydrogens is 330 g/mol. The lowest BCUT2D eigenvalue weighted by Crippen LogP contribution is -2.54. The van der Waals surface area contributed by atoms with Gasteiger partial charge in [-0.05, 0) is 25.0 Å². The standard InChI is InChI=1S/C19H29N5O2/c1-2-8-20-19(21-9-7-17-4-3-14-26-17)24-12-10-23(11-13-24)15-18(25)22-16-5-6-16/h2-4,14,16H,1,5-13,15H2,(H,20,21)(H,22,25). The van der Waals surface area contributed by atoms with Crippen molar-refractivity contribution in [1.82, 2.24) is 20.4 Å². The number of nitrogens with zero attached hydrogens (tertiary/aromatic N) is 3. The van der Waals surface area contributed by atoms with Gasteiger partial charge in [-0.3, -0.25) is 14.7 Å². The van der Waals surface area contributed by atoms with E-state index in [1.165, 1.54) is 0 Å². The van der Waals surface area contributed by atoms with Crippen LogP contribution in [-0.2, 0) is 11.2 Å². The molecule has 1 saturated heterocycles. The summed E-state index contributed by atoms with van der Waals surface area (Å²) in [5.74, 6) is 2.00. The summed E-state index contributed by atoms with van der Waals surface area (Å²) < 4.78 is 5.36. The molecular formula is C19H29N5O2. The molecule has 2 fully saturated rings. The van der Waals surface area contributed by atoms with Crippen LogP contribution in [0.4, 0.5) is 0 Å². The molecule has 0 radical (unpaired) electrons. The van der Waals surface area contributed by atoms with Gasteiger partial charge in [0.2, 0.25) is 5.91 Å². The molecule has 0 aromatic carbocycles. The van der Waals surface area contributed by atoms with E-state index in [2.05, 4.69) is 27.0 Å². The molecule has 0 unspecified atom stereocenters. The maximum absolute atomic E-state index is 11.9. The highest BCUT2D eigenvalue weighted by molar-refractivity contribution is 5.80. The SMILES string of the molecule is C=CCNC(=NCCc1ccco1)N1CCN(CC(=O)NC2CC2)CC1. The van der Waals surface area contributed by atoms with Crippen molar-refractivity contribution in [1.29, 1.82) is 0 Å². The number of hydrogen-bond donors (Lipinski definition) is 2. The second-order valence-electron chi connectivity index (χ2n) is 6.81. The minimum atomic E-state index is 0.151. The molecule has 7 heteroatoms. The van der Waals surface area contributed by atoms with E-state index in [-0.39, 0.29) is 5.91 Å². The molecule has 7 nitrogen and oxygen atoms in total. The lowest BCUT2D eigenvalue weighted by atomic mass is 10.3. The predicted octanol–water partition coefficient (Wildman–Crippen LogP) is 0.850. The van der Waals surface area contributed by atoms with Crippen LogP contribution >= 0.6 is 0 Å². The molecule has 1 aromatic rings. The zero-order valence-electron chi connectivity index (χ0n) is 15.3. The Morgan fingerprint density at radius 3 is 2.81 bits per heavy atom. The van der Waals surface area contributed by atoms with Gasteiger partial charge in [0.15, 0.2) is 5.96 Å². The average molecular weight is 359 g/mol. The fraction of sp³-hybridized carbons (Fsp3) is 0.579. The molecule has 0 spiro atoms. The third-order valence-electron chi connectivity index (χ3n) is 4.59. The van der Waals surface area contributed by atoms with E-state index in [9.17, 15) is 4.79 Å². The van der Waals surface area contributed by atoms with E-state index in [4.69, 9.17) is 9.41 Å². The molecule has 1 amide bonds. The van der Waals surface area contributed by atoms with E-state index in [1.54, 1.807) is 6.26 Å². The second-order valence-corrected chi connectivity index (χ2v) is 6.81. The van der Waals surface area contributed by atoms with Crippen LogP contribution in [0.1, 0.15) is 18.6 Å². The Kier molecular flexibility index (Phi) is 6.71. The first-order valence-corrected chi connectivity index (χ1v) is 9.43. The number of carbonyl (C=O) groups excluding carboxylic acids is 1. The van der Waals surface area contributed by atoms with Crippen molar-refractivity contribution in [2.75, 3.05) is 45.8 Å². The third-order valence-corrected chi connectivity index (χ3v) is 4.59. The number of carbonyl (C=O) groups is 1. The van der Waals surface area contributed by atoms with Gasteiger partial charge < -0.3 is 20.0 Å². The monoisotopic (exact) mass is 359 g/mol. The predicted molar refractivity (Wildman–Crippen MR) is 102 cm³/mol. The minimum absolute atomic E-state index is 0.151. The summed E-state index contributed by atoms with van der Waals surface area (Å²) in [5, 5.41) is 6.39. The number of amides is 1. The zero-order chi connectivity index (χ0) is 18.2. The molecule has 2 N–H and O–H groups in total. The number of guanidine groups is 1. The maximum Gasteiger partial charge on any atom is 0.234 e. The van der Waals surface area contributed by atoms with E-state index in [1.807, 2.05) is 18.2 Å². The van der Waals surface area contributed by atoms with Gasteiger partial charge in [-0.15, -0.1) is 6.58 Å². The lowest BCUT2D eigenvalue weighted by molar-refractivity contribution is -0.122. The molecule has 1 aliphatic heterocycles. The van der Waals surface area contributed by atoms with Crippen LogP contribution < -0.4 is 10.6 Å². The minimum Gasteiger partial charge on any atom is -0.469 e. The smallest absolute Gasteiger partial charge is 0.234 e. The van der Waals surface area contributed by atoms with Crippen molar-refractivity contribution < 1.29 is 9.21 Å². The van der Waals surface area contributed by atoms with Crippen molar-refractivity contribution >= 4 is 11.9 Å². The van der Waals surface area contributed by atoms with Gasteiger partial charge in [-0.1, -0.05) is 6.08 Å². The van der Waals surface area contributed by atoms with Crippen molar-refractivity contribution in [2.45, 2.75) is 25.3 Å². The Morgan fingerprint density at radius 1 is 1.35 bits per heavy atom. The van der Waals surface area contributed by atoms with E-state index >= 15 is 0 Å². The van der Waals surface area contributed by atoms with Gasteiger partial charge in [-0.2, -0.15) is 0 Å². The molecule has 0 bridgehead atoms. The molecule has 142 valence electrons. The molecule has 2 heterocycles. The van der Waals surface area contributed by atoms with Gasteiger partial charge in [0, 0.05) is 51.7 Å². The van der Waals surface area contributed by atoms with Crippen molar-refractivity contribution in [2.24, 2.45) is 4.99 Å². The van der Waals surface area contributed by atoms with Crippen LogP contribution in [0.2, 0.25) is 0 Å². The molecule has 1 saturated carbocycles. The first kappa shape index (κ1) is 18.5. The van der Waals surface area contributed by atoms with Gasteiger partial charge in [0.25, 0.3) is 0 Å². The highest BCUT2D eigenvalue weighted by Crippen LogP contribution is 2.18. The Balaban J connectivity index is 1.45. The van der Waals surface area contributed by atoms with Gasteiger partial charge in [0.05, 0.1) is 12.8 Å². The summed E-state index contributed by atoms with van der Waals surface area (Å²) in [4.78, 5) is 21.1. The number of rotatable bonds is 8. The van der Waals surface area contributed by atoms with Crippen molar-refractivity contribution in [3.63, 3.8) is 0 Å². The normalized spacial score (nSPS) is 18.6. The third kappa shape index (κ3) is 5.91. The summed E-state index contributed by atoms with van der Waals surface area (Å²) in [6, 6.07) is 4.30. The fourth-order valence-corrected chi connectivity index (χ4v) is 2.98. The van der Waals surface area contributed by atoms with E-state index in [0.29, 0.717) is 25.7 Å². The molecule has 1 aliphatic carbocycles. The lowest BCUT2D eigenvalue weighted by Gasteiger charge is -2.36. The number of nitrogens with one attached hydrogen (secondary N) is 2. The molecule has 3 rings (SSSR count). The first-order chi connectivity index (χ1) is 12.7. The van der Waals surface area contributed by atoms with Crippen LogP contribution in [0.25, 0.3) is 0 Å². The zero-order valence-corrected chi connectivity index (χ0v) is 15.3. The van der Waals surface area contributed by atoms with E-state index in [0.717, 1.165) is 57.2 Å². The fourth-order valence-electron chi connectivity index (χ4n) is 2.98. The van der Waals surface area contributed by atoms with Crippen LogP contribution in [-0.4, -0.2) is 73.5 Å². The summed E-state index contributed by atoms with van der Waals surface area (Å²) in [6.45, 7) is 9.08. The number of hydrogen-bond acceptors (Lipinski definition) is 4. The topological polar surface area (TPSA) is 73.1 Å². The summed E-state index contributed by atoms with van der Waals surface area (Å²) in [7, 11) is 0. The second kappa shape index (κ2) is 9.43. The highest BCUT2D eigenvalue weighted by atomic mass is 16.3. The van der Waals surface area contributed by atoms with Crippen LogP contribution in [0, 0.1) is 0 Å². The number of piperazine rings is 1. The molecule has 26 heavy (non-hydrogen) atoms. The van der Waals surface area contributed by atoms with Gasteiger partial charge in [0.1, 0.15) is 5.76 Å². The highest BCUT2D eigenvalue weighted by Gasteiger charge is 2.25. The Bertz CT molecular complexity index is 601. The van der Waals surface area contributed by atoms with Crippen molar-refractivity contribution in [3.8, 4) is 0 Å². The largest absolute Gasteiger partial charge is 0.469 e. The van der Waals surface area contributed by atoms with Crippen LogP contribution in [0.3, 0.4) is 0 Å². The van der Waals surface area contributed by atoms with Crippen molar-refractivity contribution in [3.05, 3.63) is 36.8 Å². The van der Waals surface area contributed by atoms with Crippen LogP contribution in [0.15, 0.2) is 40.5 Å². The Hall–Kier alpha value is -2.28. The first-order valence-electron chi connectivity index (χ1n) is 9.43. The van der Waals surface area contributed by atoms with E-state index < -0.39 is 0 Å². The Morgan fingerprint density at radius 2 is 2.15 bits per heavy atom. The van der Waals surface area contributed by atoms with Crippen LogP contribution in [0.5, 0.6) is 0 Å². The Labute approximate surface area is 155 Å².